The lowest BCUT2D eigenvalue weighted by atomic mass is 10.3. The third-order valence-electron chi connectivity index (χ3n) is 3.50. The van der Waals surface area contributed by atoms with Gasteiger partial charge in [-0.05, 0) is 29.0 Å². The first kappa shape index (κ1) is 15.2. The standard InChI is InChI=1S/C13H19BrN4O2/c1-16-6-8-17(9-7-16)5-4-15-13-3-2-11(18(19)20)10-12(13)14/h2-3,10,15H,4-9H2,1H3. The normalized spacial score (nSPS) is 17.1. The highest BCUT2D eigenvalue weighted by molar-refractivity contribution is 9.10. The highest BCUT2D eigenvalue weighted by Gasteiger charge is 2.13. The van der Waals surface area contributed by atoms with Crippen LogP contribution in [-0.2, 0) is 0 Å². The van der Waals surface area contributed by atoms with E-state index in [1.165, 1.54) is 12.1 Å². The Kier molecular flexibility index (Phi) is 5.33. The molecule has 0 saturated carbocycles. The SMILES string of the molecule is CN1CCN(CCNc2ccc([N+](=O)[O-])cc2Br)CC1. The van der Waals surface area contributed by atoms with Crippen LogP contribution in [0.25, 0.3) is 0 Å². The predicted molar refractivity (Wildman–Crippen MR) is 83.2 cm³/mol. The van der Waals surface area contributed by atoms with E-state index >= 15 is 0 Å². The molecule has 0 aromatic heterocycles. The zero-order chi connectivity index (χ0) is 14.5. The van der Waals surface area contributed by atoms with E-state index in [9.17, 15) is 10.1 Å². The average Bonchev–Trinajstić information content (AvgIpc) is 2.42. The van der Waals surface area contributed by atoms with Crippen LogP contribution < -0.4 is 5.32 Å². The minimum atomic E-state index is -0.390. The first-order valence-corrected chi connectivity index (χ1v) is 7.44. The second-order valence-electron chi connectivity index (χ2n) is 4.99. The van der Waals surface area contributed by atoms with Crippen LogP contribution >= 0.6 is 15.9 Å². The molecule has 0 aliphatic carbocycles. The summed E-state index contributed by atoms with van der Waals surface area (Å²) < 4.78 is 0.727. The van der Waals surface area contributed by atoms with Gasteiger partial charge in [0.15, 0.2) is 0 Å². The number of nitro benzene ring substituents is 1. The smallest absolute Gasteiger partial charge is 0.270 e. The zero-order valence-electron chi connectivity index (χ0n) is 11.5. The number of piperazine rings is 1. The summed E-state index contributed by atoms with van der Waals surface area (Å²) >= 11 is 3.36. The summed E-state index contributed by atoms with van der Waals surface area (Å²) in [6.45, 7) is 6.24. The molecule has 6 nitrogen and oxygen atoms in total. The molecule has 0 bridgehead atoms. The number of nitrogens with zero attached hydrogens (tertiary/aromatic N) is 3. The van der Waals surface area contributed by atoms with E-state index in [1.54, 1.807) is 6.07 Å². The van der Waals surface area contributed by atoms with E-state index in [1.807, 2.05) is 0 Å². The summed E-state index contributed by atoms with van der Waals surface area (Å²) in [5.74, 6) is 0. The summed E-state index contributed by atoms with van der Waals surface area (Å²) in [7, 11) is 2.14. The van der Waals surface area contributed by atoms with Crippen LogP contribution in [0.2, 0.25) is 0 Å². The highest BCUT2D eigenvalue weighted by Crippen LogP contribution is 2.26. The summed E-state index contributed by atoms with van der Waals surface area (Å²) in [6, 6.07) is 4.79. The Bertz CT molecular complexity index is 475. The fraction of sp³-hybridized carbons (Fsp3) is 0.538. The van der Waals surface area contributed by atoms with E-state index in [0.29, 0.717) is 0 Å². The molecule has 0 spiro atoms. The molecule has 1 fully saturated rings. The Morgan fingerprint density at radius 2 is 2.05 bits per heavy atom. The molecule has 1 aromatic rings. The van der Waals surface area contributed by atoms with Crippen molar-refractivity contribution < 1.29 is 4.92 Å². The molecule has 1 saturated heterocycles. The molecule has 0 amide bonds. The molecule has 1 aliphatic rings. The fourth-order valence-corrected chi connectivity index (χ4v) is 2.69. The lowest BCUT2D eigenvalue weighted by Crippen LogP contribution is -2.45. The van der Waals surface area contributed by atoms with Crippen molar-refractivity contribution in [1.82, 2.24) is 9.80 Å². The van der Waals surface area contributed by atoms with Gasteiger partial charge < -0.3 is 10.2 Å². The van der Waals surface area contributed by atoms with E-state index in [4.69, 9.17) is 0 Å². The number of halogens is 1. The van der Waals surface area contributed by atoms with Crippen LogP contribution in [0, 0.1) is 10.1 Å². The zero-order valence-corrected chi connectivity index (χ0v) is 13.1. The van der Waals surface area contributed by atoms with Crippen LogP contribution in [0.3, 0.4) is 0 Å². The van der Waals surface area contributed by atoms with Gasteiger partial charge in [0.05, 0.1) is 4.92 Å². The van der Waals surface area contributed by atoms with Crippen LogP contribution in [0.1, 0.15) is 0 Å². The number of nitro groups is 1. The van der Waals surface area contributed by atoms with Crippen LogP contribution in [0.15, 0.2) is 22.7 Å². The molecular weight excluding hydrogens is 324 g/mol. The Labute approximate surface area is 127 Å². The number of anilines is 1. The van der Waals surface area contributed by atoms with Gasteiger partial charge in [0.25, 0.3) is 5.69 Å². The molecule has 1 aromatic carbocycles. The summed E-state index contributed by atoms with van der Waals surface area (Å²) in [6.07, 6.45) is 0. The molecular formula is C13H19BrN4O2. The van der Waals surface area contributed by atoms with Gasteiger partial charge >= 0.3 is 0 Å². The summed E-state index contributed by atoms with van der Waals surface area (Å²) in [5, 5.41) is 14.0. The van der Waals surface area contributed by atoms with E-state index in [-0.39, 0.29) is 5.69 Å². The van der Waals surface area contributed by atoms with Crippen molar-refractivity contribution in [3.05, 3.63) is 32.8 Å². The van der Waals surface area contributed by atoms with Crippen molar-refractivity contribution in [3.8, 4) is 0 Å². The van der Waals surface area contributed by atoms with Gasteiger partial charge in [0.1, 0.15) is 0 Å². The number of likely N-dealkylation sites (N-methyl/N-ethyl adjacent to an activating group) is 1. The predicted octanol–water partition coefficient (Wildman–Crippen LogP) is 2.02. The molecule has 0 atom stereocenters. The summed E-state index contributed by atoms with van der Waals surface area (Å²) in [5.41, 5.74) is 0.992. The van der Waals surface area contributed by atoms with Crippen molar-refractivity contribution in [2.24, 2.45) is 0 Å². The highest BCUT2D eigenvalue weighted by atomic mass is 79.9. The number of nitrogens with one attached hydrogen (secondary N) is 1. The average molecular weight is 343 g/mol. The van der Waals surface area contributed by atoms with E-state index in [0.717, 1.165) is 49.4 Å². The van der Waals surface area contributed by atoms with Gasteiger partial charge in [-0.2, -0.15) is 0 Å². The third-order valence-corrected chi connectivity index (χ3v) is 4.16. The molecule has 0 unspecified atom stereocenters. The lowest BCUT2D eigenvalue weighted by Gasteiger charge is -2.32. The van der Waals surface area contributed by atoms with Crippen molar-refractivity contribution in [1.29, 1.82) is 0 Å². The molecule has 110 valence electrons. The molecule has 20 heavy (non-hydrogen) atoms. The van der Waals surface area contributed by atoms with Gasteiger partial charge in [-0.3, -0.25) is 15.0 Å². The van der Waals surface area contributed by atoms with Crippen molar-refractivity contribution in [3.63, 3.8) is 0 Å². The molecule has 0 radical (unpaired) electrons. The van der Waals surface area contributed by atoms with Crippen LogP contribution in [0.4, 0.5) is 11.4 Å². The maximum Gasteiger partial charge on any atom is 0.270 e. The summed E-state index contributed by atoms with van der Waals surface area (Å²) in [4.78, 5) is 15.0. The van der Waals surface area contributed by atoms with Crippen LogP contribution in [-0.4, -0.2) is 61.0 Å². The first-order chi connectivity index (χ1) is 9.56. The maximum absolute atomic E-state index is 10.7. The van der Waals surface area contributed by atoms with Crippen molar-refractivity contribution in [2.45, 2.75) is 0 Å². The number of non-ortho nitro benzene ring substituents is 1. The minimum absolute atomic E-state index is 0.0986. The Balaban J connectivity index is 1.81. The second kappa shape index (κ2) is 7.01. The Morgan fingerprint density at radius 3 is 2.65 bits per heavy atom. The molecule has 2 rings (SSSR count). The van der Waals surface area contributed by atoms with E-state index in [2.05, 4.69) is 38.1 Å². The van der Waals surface area contributed by atoms with Gasteiger partial charge in [0, 0.05) is 61.6 Å². The minimum Gasteiger partial charge on any atom is -0.383 e. The molecule has 1 heterocycles. The number of hydrogen-bond donors (Lipinski definition) is 1. The monoisotopic (exact) mass is 342 g/mol. The number of hydrogen-bond acceptors (Lipinski definition) is 5. The molecule has 1 N–H and O–H groups in total. The van der Waals surface area contributed by atoms with Crippen LogP contribution in [0.5, 0.6) is 0 Å². The van der Waals surface area contributed by atoms with E-state index < -0.39 is 4.92 Å². The van der Waals surface area contributed by atoms with Gasteiger partial charge in [-0.1, -0.05) is 0 Å². The van der Waals surface area contributed by atoms with Crippen molar-refractivity contribution >= 4 is 27.3 Å². The number of benzene rings is 1. The first-order valence-electron chi connectivity index (χ1n) is 6.65. The van der Waals surface area contributed by atoms with Gasteiger partial charge in [0.2, 0.25) is 0 Å². The van der Waals surface area contributed by atoms with Gasteiger partial charge in [-0.15, -0.1) is 0 Å². The van der Waals surface area contributed by atoms with Gasteiger partial charge in [-0.25, -0.2) is 0 Å². The Morgan fingerprint density at radius 1 is 1.35 bits per heavy atom. The third kappa shape index (κ3) is 4.16. The van der Waals surface area contributed by atoms with Crippen molar-refractivity contribution in [2.75, 3.05) is 51.6 Å². The largest absolute Gasteiger partial charge is 0.383 e. The number of rotatable bonds is 5. The second-order valence-corrected chi connectivity index (χ2v) is 5.85. The Hall–Kier alpha value is -1.18. The fourth-order valence-electron chi connectivity index (χ4n) is 2.18. The quantitative estimate of drug-likeness (QED) is 0.655. The lowest BCUT2D eigenvalue weighted by molar-refractivity contribution is -0.384. The topological polar surface area (TPSA) is 61.6 Å². The molecule has 1 aliphatic heterocycles. The maximum atomic E-state index is 10.7. The molecule has 7 heteroatoms.